The lowest BCUT2D eigenvalue weighted by Gasteiger charge is -2.09. The highest BCUT2D eigenvalue weighted by Crippen LogP contribution is 2.20. The molecule has 0 bridgehead atoms. The van der Waals surface area contributed by atoms with Crippen LogP contribution in [0.2, 0.25) is 0 Å². The van der Waals surface area contributed by atoms with Gasteiger partial charge < -0.3 is 10.0 Å². The summed E-state index contributed by atoms with van der Waals surface area (Å²) in [6, 6.07) is 6.34. The van der Waals surface area contributed by atoms with Gasteiger partial charge in [-0.3, -0.25) is 10.2 Å². The summed E-state index contributed by atoms with van der Waals surface area (Å²) in [5, 5.41) is 17.0. The van der Waals surface area contributed by atoms with Crippen LogP contribution in [0.4, 0.5) is 0 Å². The number of nitrogens with one attached hydrogen (secondary N) is 1. The van der Waals surface area contributed by atoms with Gasteiger partial charge in [-0.15, -0.1) is 0 Å². The topological polar surface area (TPSA) is 94.4 Å². The number of aromatic carboxylic acids is 1. The van der Waals surface area contributed by atoms with Crippen molar-refractivity contribution in [2.24, 2.45) is 0 Å². The van der Waals surface area contributed by atoms with Gasteiger partial charge in [-0.1, -0.05) is 18.4 Å². The number of pyridine rings is 1. The van der Waals surface area contributed by atoms with Gasteiger partial charge in [0.25, 0.3) is 0 Å². The number of hydrogen-bond acceptors (Lipinski definition) is 4. The number of carbonyl (C=O) groups is 2. The number of benzene rings is 1. The van der Waals surface area contributed by atoms with Crippen LogP contribution in [0.5, 0.6) is 0 Å². The van der Waals surface area contributed by atoms with Crippen molar-refractivity contribution in [3.63, 3.8) is 0 Å². The second kappa shape index (κ2) is 7.88. The highest BCUT2D eigenvalue weighted by atomic mass is 16.4. The molecule has 2 aromatic rings. The zero-order valence-electron chi connectivity index (χ0n) is 13.7. The summed E-state index contributed by atoms with van der Waals surface area (Å²) in [4.78, 5) is 28.8. The summed E-state index contributed by atoms with van der Waals surface area (Å²) in [6.07, 6.45) is 3.25. The summed E-state index contributed by atoms with van der Waals surface area (Å²) < 4.78 is 0. The van der Waals surface area contributed by atoms with E-state index in [2.05, 4.69) is 23.4 Å². The molecule has 0 amide bonds. The maximum absolute atomic E-state index is 11.5. The molecule has 0 unspecified atom stereocenters. The first-order valence-electron chi connectivity index (χ1n) is 7.53. The van der Waals surface area contributed by atoms with Crippen LogP contribution in [-0.2, 0) is 0 Å². The van der Waals surface area contributed by atoms with Crippen LogP contribution in [0.25, 0.3) is 10.9 Å². The van der Waals surface area contributed by atoms with Crippen molar-refractivity contribution in [2.45, 2.75) is 13.3 Å². The molecule has 0 fully saturated rings. The van der Waals surface area contributed by atoms with Gasteiger partial charge in [0.1, 0.15) is 5.69 Å². The van der Waals surface area contributed by atoms with Gasteiger partial charge >= 0.3 is 5.97 Å². The fourth-order valence-electron chi connectivity index (χ4n) is 2.22. The van der Waals surface area contributed by atoms with Gasteiger partial charge in [0.05, 0.1) is 17.4 Å². The molecule has 1 heterocycles. The second-order valence-corrected chi connectivity index (χ2v) is 5.25. The van der Waals surface area contributed by atoms with Crippen molar-refractivity contribution >= 4 is 29.0 Å². The average molecular weight is 335 g/mol. The molecule has 0 aliphatic carbocycles. The second-order valence-electron chi connectivity index (χ2n) is 5.25. The summed E-state index contributed by atoms with van der Waals surface area (Å²) in [7, 11) is 0. The molecule has 0 saturated carbocycles. The lowest BCUT2D eigenvalue weighted by atomic mass is 10.0. The first-order chi connectivity index (χ1) is 12.0. The lowest BCUT2D eigenvalue weighted by molar-refractivity contribution is 0.0699. The third-order valence-corrected chi connectivity index (χ3v) is 3.53. The van der Waals surface area contributed by atoms with Gasteiger partial charge in [0.2, 0.25) is 0 Å². The van der Waals surface area contributed by atoms with Crippen molar-refractivity contribution < 1.29 is 14.7 Å². The van der Waals surface area contributed by atoms with Crippen LogP contribution >= 0.6 is 0 Å². The number of Topliss-reactive ketones (excluding diaryl/α,β-unsaturated/α-hetero) is 1. The zero-order valence-corrected chi connectivity index (χ0v) is 13.7. The number of aromatic nitrogens is 1. The number of carboxylic acids is 1. The van der Waals surface area contributed by atoms with Crippen LogP contribution in [-0.4, -0.2) is 39.6 Å². The van der Waals surface area contributed by atoms with Crippen LogP contribution in [0.3, 0.4) is 0 Å². The largest absolute Gasteiger partial charge is 0.478 e. The highest BCUT2D eigenvalue weighted by molar-refractivity contribution is 6.06. The maximum Gasteiger partial charge on any atom is 0.336 e. The minimum atomic E-state index is -1.12. The van der Waals surface area contributed by atoms with Crippen molar-refractivity contribution in [1.82, 2.24) is 9.88 Å². The Morgan fingerprint density at radius 3 is 2.76 bits per heavy atom. The summed E-state index contributed by atoms with van der Waals surface area (Å²) in [5.74, 6) is 4.55. The van der Waals surface area contributed by atoms with Crippen LogP contribution < -0.4 is 0 Å². The molecule has 1 aromatic carbocycles. The van der Waals surface area contributed by atoms with E-state index in [1.165, 1.54) is 19.3 Å². The van der Waals surface area contributed by atoms with E-state index in [0.29, 0.717) is 29.4 Å². The molecule has 0 aliphatic heterocycles. The van der Waals surface area contributed by atoms with Crippen LogP contribution in [0.15, 0.2) is 37.0 Å². The van der Waals surface area contributed by atoms with E-state index in [1.807, 2.05) is 0 Å². The SMILES string of the molecule is C=CN(C=N)CCC#Cc1ccc2nc(C(C)=O)cc(C(=O)O)c2c1. The summed E-state index contributed by atoms with van der Waals surface area (Å²) >= 11 is 0. The van der Waals surface area contributed by atoms with Crippen molar-refractivity contribution in [3.8, 4) is 11.8 Å². The molecule has 0 atom stereocenters. The van der Waals surface area contributed by atoms with Gasteiger partial charge in [-0.25, -0.2) is 9.78 Å². The molecule has 0 saturated heterocycles. The molecule has 25 heavy (non-hydrogen) atoms. The molecule has 0 aliphatic rings. The lowest BCUT2D eigenvalue weighted by Crippen LogP contribution is -2.14. The standard InChI is InChI=1S/C19H17N3O3/c1-3-22(12-20)9-5-4-6-14-7-8-17-15(10-14)16(19(24)25)11-18(21-17)13(2)23/h3,7-8,10-12,20H,1,5,9H2,2H3,(H,24,25). The Labute approximate surface area is 145 Å². The third kappa shape index (κ3) is 4.30. The quantitative estimate of drug-likeness (QED) is 0.366. The third-order valence-electron chi connectivity index (χ3n) is 3.53. The van der Waals surface area contributed by atoms with Crippen LogP contribution in [0, 0.1) is 17.3 Å². The molecule has 126 valence electrons. The smallest absolute Gasteiger partial charge is 0.336 e. The number of ketones is 1. The Kier molecular flexibility index (Phi) is 5.64. The van der Waals surface area contributed by atoms with Gasteiger partial charge in [0, 0.05) is 30.8 Å². The van der Waals surface area contributed by atoms with Gasteiger partial charge in [0.15, 0.2) is 5.78 Å². The van der Waals surface area contributed by atoms with E-state index >= 15 is 0 Å². The highest BCUT2D eigenvalue weighted by Gasteiger charge is 2.14. The minimum Gasteiger partial charge on any atom is -0.478 e. The van der Waals surface area contributed by atoms with Crippen molar-refractivity contribution in [3.05, 3.63) is 53.9 Å². The molecule has 6 heteroatoms. The monoisotopic (exact) mass is 335 g/mol. The minimum absolute atomic E-state index is 0.0282. The predicted octanol–water partition coefficient (Wildman–Crippen LogP) is 2.93. The number of rotatable bonds is 6. The Morgan fingerprint density at radius 2 is 2.16 bits per heavy atom. The molecule has 1 aromatic heterocycles. The number of hydrogen-bond donors (Lipinski definition) is 2. The Morgan fingerprint density at radius 1 is 1.40 bits per heavy atom. The van der Waals surface area contributed by atoms with Crippen molar-refractivity contribution in [1.29, 1.82) is 5.41 Å². The first kappa shape index (κ1) is 17.9. The Hall–Kier alpha value is -3.46. The summed E-state index contributed by atoms with van der Waals surface area (Å²) in [6.45, 7) is 5.49. The number of carbonyl (C=O) groups excluding carboxylic acids is 1. The fourth-order valence-corrected chi connectivity index (χ4v) is 2.22. The number of carboxylic acid groups (broad SMARTS) is 1. The number of fused-ring (bicyclic) bond motifs is 1. The Balaban J connectivity index is 2.36. The van der Waals surface area contributed by atoms with E-state index in [9.17, 15) is 14.7 Å². The normalized spacial score (nSPS) is 9.80. The first-order valence-corrected chi connectivity index (χ1v) is 7.53. The molecule has 2 rings (SSSR count). The van der Waals surface area contributed by atoms with Gasteiger partial charge in [-0.2, -0.15) is 0 Å². The average Bonchev–Trinajstić information content (AvgIpc) is 2.60. The zero-order chi connectivity index (χ0) is 18.4. The van der Waals surface area contributed by atoms with E-state index in [-0.39, 0.29) is 17.0 Å². The Bertz CT molecular complexity index is 915. The van der Waals surface area contributed by atoms with Crippen molar-refractivity contribution in [2.75, 3.05) is 6.54 Å². The molecular weight excluding hydrogens is 318 g/mol. The summed E-state index contributed by atoms with van der Waals surface area (Å²) in [5.41, 5.74) is 1.25. The van der Waals surface area contributed by atoms with E-state index < -0.39 is 5.97 Å². The predicted molar refractivity (Wildman–Crippen MR) is 95.9 cm³/mol. The fraction of sp³-hybridized carbons (Fsp3) is 0.158. The van der Waals surface area contributed by atoms with E-state index in [1.54, 1.807) is 29.3 Å². The molecule has 6 nitrogen and oxygen atoms in total. The van der Waals surface area contributed by atoms with E-state index in [0.717, 1.165) is 0 Å². The molecule has 0 radical (unpaired) electrons. The molecule has 2 N–H and O–H groups in total. The number of nitrogens with zero attached hydrogens (tertiary/aromatic N) is 2. The molecule has 0 spiro atoms. The van der Waals surface area contributed by atoms with Gasteiger partial charge in [-0.05, 0) is 30.5 Å². The maximum atomic E-state index is 11.5. The molecular formula is C19H17N3O3. The van der Waals surface area contributed by atoms with Crippen LogP contribution in [0.1, 0.15) is 39.8 Å². The van der Waals surface area contributed by atoms with E-state index in [4.69, 9.17) is 5.41 Å².